The van der Waals surface area contributed by atoms with Crippen LogP contribution >= 0.6 is 0 Å². The van der Waals surface area contributed by atoms with Gasteiger partial charge in [0.1, 0.15) is 0 Å². The Bertz CT molecular complexity index is 428. The summed E-state index contributed by atoms with van der Waals surface area (Å²) in [5, 5.41) is 6.07. The van der Waals surface area contributed by atoms with Crippen molar-refractivity contribution >= 4 is 11.6 Å². The predicted octanol–water partition coefficient (Wildman–Crippen LogP) is 1.98. The summed E-state index contributed by atoms with van der Waals surface area (Å²) in [4.78, 5) is 12.2. The van der Waals surface area contributed by atoms with Gasteiger partial charge in [-0.15, -0.1) is 0 Å². The largest absolute Gasteiger partial charge is 0.379 e. The molecule has 0 spiro atoms. The number of ether oxygens (including phenoxy) is 1. The van der Waals surface area contributed by atoms with Crippen molar-refractivity contribution in [3.05, 3.63) is 29.8 Å². The first-order valence-electron chi connectivity index (χ1n) is 6.77. The molecule has 0 radical (unpaired) electrons. The van der Waals surface area contributed by atoms with E-state index in [-0.39, 0.29) is 17.9 Å². The first kappa shape index (κ1) is 14.0. The summed E-state index contributed by atoms with van der Waals surface area (Å²) >= 11 is 0. The van der Waals surface area contributed by atoms with Gasteiger partial charge in [-0.2, -0.15) is 0 Å². The minimum Gasteiger partial charge on any atom is -0.379 e. The third-order valence-corrected chi connectivity index (χ3v) is 3.63. The molecule has 1 aromatic rings. The Kier molecular flexibility index (Phi) is 4.56. The lowest BCUT2D eigenvalue weighted by Crippen LogP contribution is -2.39. The summed E-state index contributed by atoms with van der Waals surface area (Å²) in [6.45, 7) is 5.39. The highest BCUT2D eigenvalue weighted by Gasteiger charge is 2.32. The molecule has 1 heterocycles. The standard InChI is InChI=1S/C15H22N2O2/c1-10(2)11-4-6-12(7-5-11)17-15(18)13-8-19-9-14(13)16-3/h4-7,10,13-14,16H,8-9H2,1-3H3,(H,17,18). The molecular weight excluding hydrogens is 240 g/mol. The van der Waals surface area contributed by atoms with Gasteiger partial charge in [-0.05, 0) is 30.7 Å². The van der Waals surface area contributed by atoms with Crippen LogP contribution in [-0.2, 0) is 9.53 Å². The molecule has 0 aliphatic carbocycles. The van der Waals surface area contributed by atoms with Gasteiger partial charge in [0.25, 0.3) is 0 Å². The van der Waals surface area contributed by atoms with E-state index < -0.39 is 0 Å². The number of hydrogen-bond donors (Lipinski definition) is 2. The highest BCUT2D eigenvalue weighted by Crippen LogP contribution is 2.19. The lowest BCUT2D eigenvalue weighted by atomic mass is 10.0. The fourth-order valence-corrected chi connectivity index (χ4v) is 2.28. The van der Waals surface area contributed by atoms with Crippen molar-refractivity contribution in [3.63, 3.8) is 0 Å². The van der Waals surface area contributed by atoms with Crippen molar-refractivity contribution < 1.29 is 9.53 Å². The van der Waals surface area contributed by atoms with Crippen LogP contribution in [0.3, 0.4) is 0 Å². The Morgan fingerprint density at radius 1 is 1.26 bits per heavy atom. The molecule has 2 N–H and O–H groups in total. The molecule has 2 unspecified atom stereocenters. The average molecular weight is 262 g/mol. The minimum absolute atomic E-state index is 0.0224. The second-order valence-corrected chi connectivity index (χ2v) is 5.31. The van der Waals surface area contributed by atoms with E-state index in [2.05, 4.69) is 36.6 Å². The Labute approximate surface area is 114 Å². The molecule has 0 bridgehead atoms. The topological polar surface area (TPSA) is 50.4 Å². The number of benzene rings is 1. The number of carbonyl (C=O) groups is 1. The molecule has 1 aromatic carbocycles. The molecule has 4 heteroatoms. The van der Waals surface area contributed by atoms with Gasteiger partial charge in [-0.1, -0.05) is 26.0 Å². The van der Waals surface area contributed by atoms with Gasteiger partial charge in [-0.25, -0.2) is 0 Å². The maximum absolute atomic E-state index is 12.2. The molecule has 19 heavy (non-hydrogen) atoms. The number of hydrogen-bond acceptors (Lipinski definition) is 3. The van der Waals surface area contributed by atoms with Gasteiger partial charge in [0, 0.05) is 11.7 Å². The molecule has 0 aromatic heterocycles. The van der Waals surface area contributed by atoms with E-state index in [0.29, 0.717) is 19.1 Å². The van der Waals surface area contributed by atoms with Gasteiger partial charge in [0.05, 0.1) is 19.1 Å². The molecule has 1 aliphatic heterocycles. The number of nitrogens with one attached hydrogen (secondary N) is 2. The number of anilines is 1. The van der Waals surface area contributed by atoms with Crippen molar-refractivity contribution in [2.45, 2.75) is 25.8 Å². The van der Waals surface area contributed by atoms with Gasteiger partial charge in [0.2, 0.25) is 5.91 Å². The van der Waals surface area contributed by atoms with Crippen LogP contribution in [0.4, 0.5) is 5.69 Å². The second-order valence-electron chi connectivity index (χ2n) is 5.31. The normalized spacial score (nSPS) is 22.7. The maximum Gasteiger partial charge on any atom is 0.231 e. The van der Waals surface area contributed by atoms with E-state index in [1.54, 1.807) is 0 Å². The third-order valence-electron chi connectivity index (χ3n) is 3.63. The summed E-state index contributed by atoms with van der Waals surface area (Å²) in [6.07, 6.45) is 0. The molecule has 2 atom stereocenters. The van der Waals surface area contributed by atoms with Crippen molar-refractivity contribution in [2.75, 3.05) is 25.6 Å². The van der Waals surface area contributed by atoms with Crippen LogP contribution in [0.25, 0.3) is 0 Å². The van der Waals surface area contributed by atoms with E-state index in [1.165, 1.54) is 5.56 Å². The number of carbonyl (C=O) groups excluding carboxylic acids is 1. The van der Waals surface area contributed by atoms with E-state index in [1.807, 2.05) is 19.2 Å². The van der Waals surface area contributed by atoms with Gasteiger partial charge < -0.3 is 15.4 Å². The predicted molar refractivity (Wildman–Crippen MR) is 76.3 cm³/mol. The Hall–Kier alpha value is -1.39. The monoisotopic (exact) mass is 262 g/mol. The van der Waals surface area contributed by atoms with Crippen LogP contribution in [0.15, 0.2) is 24.3 Å². The van der Waals surface area contributed by atoms with Crippen molar-refractivity contribution in [2.24, 2.45) is 5.92 Å². The van der Waals surface area contributed by atoms with E-state index in [9.17, 15) is 4.79 Å². The molecule has 1 aliphatic rings. The third kappa shape index (κ3) is 3.33. The molecule has 0 saturated carbocycles. The Morgan fingerprint density at radius 2 is 1.95 bits per heavy atom. The van der Waals surface area contributed by atoms with Crippen molar-refractivity contribution in [3.8, 4) is 0 Å². The molecule has 1 fully saturated rings. The molecule has 1 saturated heterocycles. The minimum atomic E-state index is -0.116. The molecule has 1 amide bonds. The summed E-state index contributed by atoms with van der Waals surface area (Å²) in [7, 11) is 1.86. The molecule has 4 nitrogen and oxygen atoms in total. The number of amides is 1. The summed E-state index contributed by atoms with van der Waals surface area (Å²) in [6, 6.07) is 8.13. The van der Waals surface area contributed by atoms with Crippen molar-refractivity contribution in [1.82, 2.24) is 5.32 Å². The Balaban J connectivity index is 1.98. The van der Waals surface area contributed by atoms with Crippen LogP contribution < -0.4 is 10.6 Å². The quantitative estimate of drug-likeness (QED) is 0.872. The highest BCUT2D eigenvalue weighted by atomic mass is 16.5. The van der Waals surface area contributed by atoms with Crippen molar-refractivity contribution in [1.29, 1.82) is 0 Å². The van der Waals surface area contributed by atoms with Crippen LogP contribution in [0.2, 0.25) is 0 Å². The smallest absolute Gasteiger partial charge is 0.231 e. The summed E-state index contributed by atoms with van der Waals surface area (Å²) in [5.41, 5.74) is 2.12. The fraction of sp³-hybridized carbons (Fsp3) is 0.533. The van der Waals surface area contributed by atoms with E-state index in [0.717, 1.165) is 5.69 Å². The molecule has 104 valence electrons. The first-order valence-corrected chi connectivity index (χ1v) is 6.77. The zero-order valence-corrected chi connectivity index (χ0v) is 11.8. The van der Waals surface area contributed by atoms with Crippen LogP contribution in [0, 0.1) is 5.92 Å². The SMILES string of the molecule is CNC1COCC1C(=O)Nc1ccc(C(C)C)cc1. The fourth-order valence-electron chi connectivity index (χ4n) is 2.28. The van der Waals surface area contributed by atoms with Crippen LogP contribution in [-0.4, -0.2) is 32.2 Å². The van der Waals surface area contributed by atoms with E-state index >= 15 is 0 Å². The summed E-state index contributed by atoms with van der Waals surface area (Å²) in [5.74, 6) is 0.408. The molecular formula is C15H22N2O2. The Morgan fingerprint density at radius 3 is 2.53 bits per heavy atom. The zero-order chi connectivity index (χ0) is 13.8. The van der Waals surface area contributed by atoms with Crippen LogP contribution in [0.5, 0.6) is 0 Å². The van der Waals surface area contributed by atoms with Gasteiger partial charge >= 0.3 is 0 Å². The highest BCUT2D eigenvalue weighted by molar-refractivity contribution is 5.93. The van der Waals surface area contributed by atoms with Crippen LogP contribution in [0.1, 0.15) is 25.3 Å². The molecule has 2 rings (SSSR count). The summed E-state index contributed by atoms with van der Waals surface area (Å²) < 4.78 is 5.35. The lowest BCUT2D eigenvalue weighted by molar-refractivity contribution is -0.120. The maximum atomic E-state index is 12.2. The second kappa shape index (κ2) is 6.17. The van der Waals surface area contributed by atoms with E-state index in [4.69, 9.17) is 4.74 Å². The number of likely N-dealkylation sites (N-methyl/N-ethyl adjacent to an activating group) is 1. The number of rotatable bonds is 4. The first-order chi connectivity index (χ1) is 9.11. The lowest BCUT2D eigenvalue weighted by Gasteiger charge is -2.16. The van der Waals surface area contributed by atoms with Gasteiger partial charge in [0.15, 0.2) is 0 Å². The average Bonchev–Trinajstić information content (AvgIpc) is 2.87. The zero-order valence-electron chi connectivity index (χ0n) is 11.8. The van der Waals surface area contributed by atoms with Gasteiger partial charge in [-0.3, -0.25) is 4.79 Å².